The molecule has 0 radical (unpaired) electrons. The van der Waals surface area contributed by atoms with Crippen LogP contribution in [0.4, 0.5) is 0 Å². The normalized spacial score (nSPS) is 17.4. The highest BCUT2D eigenvalue weighted by Crippen LogP contribution is 2.27. The summed E-state index contributed by atoms with van der Waals surface area (Å²) in [5, 5.41) is 0. The number of para-hydroxylation sites is 1. The average Bonchev–Trinajstić information content (AvgIpc) is 3.23. The summed E-state index contributed by atoms with van der Waals surface area (Å²) >= 11 is 1.83. The zero-order valence-electron chi connectivity index (χ0n) is 9.91. The molecule has 1 fully saturated rings. The molecule has 2 aromatic rings. The zero-order valence-corrected chi connectivity index (χ0v) is 10.7. The first-order valence-corrected chi connectivity index (χ1v) is 6.96. The van der Waals surface area contributed by atoms with E-state index in [0.29, 0.717) is 6.10 Å². The highest BCUT2D eigenvalue weighted by molar-refractivity contribution is 7.99. The Morgan fingerprint density at radius 2 is 1.67 bits per heavy atom. The number of hydrogen-bond donors (Lipinski definition) is 0. The van der Waals surface area contributed by atoms with Crippen molar-refractivity contribution in [3.05, 3.63) is 54.6 Å². The van der Waals surface area contributed by atoms with Crippen LogP contribution in [0.3, 0.4) is 0 Å². The predicted octanol–water partition coefficient (Wildman–Crippen LogP) is 3.97. The van der Waals surface area contributed by atoms with Crippen LogP contribution >= 0.6 is 11.8 Å². The lowest BCUT2D eigenvalue weighted by Crippen LogP contribution is -1.88. The van der Waals surface area contributed by atoms with Crippen LogP contribution in [-0.4, -0.2) is 18.5 Å². The Labute approximate surface area is 111 Å². The molecule has 3 heteroatoms. The summed E-state index contributed by atoms with van der Waals surface area (Å²) in [6.45, 7) is 0.919. The Morgan fingerprint density at radius 3 is 2.33 bits per heavy atom. The van der Waals surface area contributed by atoms with Gasteiger partial charge in [-0.1, -0.05) is 18.2 Å². The van der Waals surface area contributed by atoms with Gasteiger partial charge in [0.1, 0.15) is 11.5 Å². The monoisotopic (exact) mass is 258 g/mol. The van der Waals surface area contributed by atoms with Gasteiger partial charge in [0, 0.05) is 10.6 Å². The third-order valence-corrected chi connectivity index (χ3v) is 3.78. The molecule has 2 aromatic carbocycles. The molecule has 0 spiro atoms. The summed E-state index contributed by atoms with van der Waals surface area (Å²) in [4.78, 5) is 1.26. The lowest BCUT2D eigenvalue weighted by atomic mass is 10.3. The molecule has 1 saturated heterocycles. The molecule has 1 heterocycles. The smallest absolute Gasteiger partial charge is 0.127 e. The second kappa shape index (κ2) is 5.46. The minimum Gasteiger partial charge on any atom is -0.457 e. The van der Waals surface area contributed by atoms with E-state index < -0.39 is 0 Å². The van der Waals surface area contributed by atoms with E-state index in [9.17, 15) is 0 Å². The fourth-order valence-corrected chi connectivity index (χ4v) is 2.48. The molecule has 0 saturated carbocycles. The van der Waals surface area contributed by atoms with E-state index in [1.54, 1.807) is 0 Å². The fourth-order valence-electron chi connectivity index (χ4n) is 1.58. The second-order valence-corrected chi connectivity index (χ2v) is 5.25. The molecule has 3 rings (SSSR count). The maximum atomic E-state index is 5.74. The van der Waals surface area contributed by atoms with E-state index in [1.807, 2.05) is 54.2 Å². The quantitative estimate of drug-likeness (QED) is 0.598. The van der Waals surface area contributed by atoms with Gasteiger partial charge in [-0.3, -0.25) is 0 Å². The van der Waals surface area contributed by atoms with Crippen LogP contribution in [0.15, 0.2) is 59.5 Å². The lowest BCUT2D eigenvalue weighted by molar-refractivity contribution is 0.426. The molecule has 0 aliphatic carbocycles. The van der Waals surface area contributed by atoms with Crippen molar-refractivity contribution >= 4 is 11.8 Å². The Kier molecular flexibility index (Phi) is 3.53. The van der Waals surface area contributed by atoms with Crippen LogP contribution in [0.2, 0.25) is 0 Å². The molecule has 0 bridgehead atoms. The first-order valence-electron chi connectivity index (χ1n) is 5.97. The Hall–Kier alpha value is -1.45. The van der Waals surface area contributed by atoms with Crippen molar-refractivity contribution in [2.24, 2.45) is 0 Å². The molecule has 2 nitrogen and oxygen atoms in total. The molecular formula is C15H14O2S. The number of benzene rings is 2. The number of epoxide rings is 1. The zero-order chi connectivity index (χ0) is 12.2. The summed E-state index contributed by atoms with van der Waals surface area (Å²) in [7, 11) is 0. The van der Waals surface area contributed by atoms with Gasteiger partial charge < -0.3 is 9.47 Å². The van der Waals surface area contributed by atoms with E-state index >= 15 is 0 Å². The largest absolute Gasteiger partial charge is 0.457 e. The molecule has 0 unspecified atom stereocenters. The van der Waals surface area contributed by atoms with E-state index in [-0.39, 0.29) is 0 Å². The molecule has 0 aromatic heterocycles. The van der Waals surface area contributed by atoms with Gasteiger partial charge in [0.25, 0.3) is 0 Å². The summed E-state index contributed by atoms with van der Waals surface area (Å²) in [6, 6.07) is 18.0. The maximum Gasteiger partial charge on any atom is 0.127 e. The third kappa shape index (κ3) is 3.28. The molecule has 18 heavy (non-hydrogen) atoms. The summed E-state index contributed by atoms with van der Waals surface area (Å²) in [6.07, 6.45) is 0.468. The summed E-state index contributed by atoms with van der Waals surface area (Å²) < 4.78 is 10.9. The van der Waals surface area contributed by atoms with Crippen molar-refractivity contribution in [2.75, 3.05) is 12.4 Å². The van der Waals surface area contributed by atoms with Crippen molar-refractivity contribution in [2.45, 2.75) is 11.0 Å². The van der Waals surface area contributed by atoms with Crippen LogP contribution in [-0.2, 0) is 4.74 Å². The average molecular weight is 258 g/mol. The molecule has 0 amide bonds. The number of hydrogen-bond acceptors (Lipinski definition) is 3. The number of ether oxygens (including phenoxy) is 2. The standard InChI is InChI=1S/C15H14O2S/c1-2-4-12(5-3-1)17-13-6-8-15(9-7-13)18-11-14-10-16-14/h1-9,14H,10-11H2/t14-/m0/s1. The second-order valence-electron chi connectivity index (χ2n) is 4.15. The van der Waals surface area contributed by atoms with Gasteiger partial charge in [-0.25, -0.2) is 0 Å². The van der Waals surface area contributed by atoms with Crippen molar-refractivity contribution in [3.8, 4) is 11.5 Å². The van der Waals surface area contributed by atoms with Crippen LogP contribution in [0.1, 0.15) is 0 Å². The maximum absolute atomic E-state index is 5.74. The first-order chi connectivity index (χ1) is 8.90. The molecule has 1 aliphatic heterocycles. The van der Waals surface area contributed by atoms with Crippen molar-refractivity contribution < 1.29 is 9.47 Å². The first kappa shape index (κ1) is 11.6. The van der Waals surface area contributed by atoms with Gasteiger partial charge in [0.2, 0.25) is 0 Å². The van der Waals surface area contributed by atoms with Gasteiger partial charge in [-0.2, -0.15) is 0 Å². The van der Waals surface area contributed by atoms with Crippen LogP contribution in [0.5, 0.6) is 11.5 Å². The summed E-state index contributed by atoms with van der Waals surface area (Å²) in [5.41, 5.74) is 0. The minimum atomic E-state index is 0.468. The Morgan fingerprint density at radius 1 is 1.00 bits per heavy atom. The molecule has 0 N–H and O–H groups in total. The van der Waals surface area contributed by atoms with Gasteiger partial charge >= 0.3 is 0 Å². The number of rotatable bonds is 5. The van der Waals surface area contributed by atoms with Gasteiger partial charge in [-0.15, -0.1) is 11.8 Å². The van der Waals surface area contributed by atoms with Gasteiger partial charge in [-0.05, 0) is 36.4 Å². The fraction of sp³-hybridized carbons (Fsp3) is 0.200. The molecule has 1 aliphatic rings. The highest BCUT2D eigenvalue weighted by Gasteiger charge is 2.21. The van der Waals surface area contributed by atoms with Gasteiger partial charge in [0.15, 0.2) is 0 Å². The lowest BCUT2D eigenvalue weighted by Gasteiger charge is -2.06. The topological polar surface area (TPSA) is 21.8 Å². The summed E-state index contributed by atoms with van der Waals surface area (Å²) in [5.74, 6) is 2.77. The van der Waals surface area contributed by atoms with E-state index in [1.165, 1.54) is 4.90 Å². The SMILES string of the molecule is c1ccc(Oc2ccc(SC[C@@H]3CO3)cc2)cc1. The van der Waals surface area contributed by atoms with E-state index in [0.717, 1.165) is 23.9 Å². The number of thioether (sulfide) groups is 1. The predicted molar refractivity (Wildman–Crippen MR) is 73.4 cm³/mol. The molecule has 92 valence electrons. The Balaban J connectivity index is 1.59. The van der Waals surface area contributed by atoms with Gasteiger partial charge in [0.05, 0.1) is 12.7 Å². The Bertz CT molecular complexity index is 492. The van der Waals surface area contributed by atoms with E-state index in [4.69, 9.17) is 9.47 Å². The van der Waals surface area contributed by atoms with Crippen molar-refractivity contribution in [3.63, 3.8) is 0 Å². The van der Waals surface area contributed by atoms with Crippen LogP contribution in [0.25, 0.3) is 0 Å². The molecule has 1 atom stereocenters. The highest BCUT2D eigenvalue weighted by atomic mass is 32.2. The molecular weight excluding hydrogens is 244 g/mol. The van der Waals surface area contributed by atoms with E-state index in [2.05, 4.69) is 12.1 Å². The van der Waals surface area contributed by atoms with Crippen molar-refractivity contribution in [1.29, 1.82) is 0 Å². The third-order valence-electron chi connectivity index (χ3n) is 2.64. The van der Waals surface area contributed by atoms with Crippen molar-refractivity contribution in [1.82, 2.24) is 0 Å². The van der Waals surface area contributed by atoms with Crippen LogP contribution < -0.4 is 4.74 Å². The minimum absolute atomic E-state index is 0.468. The van der Waals surface area contributed by atoms with Crippen LogP contribution in [0, 0.1) is 0 Å².